The van der Waals surface area contributed by atoms with Crippen LogP contribution in [0.25, 0.3) is 6.08 Å². The van der Waals surface area contributed by atoms with Gasteiger partial charge in [-0.1, -0.05) is 51.0 Å². The van der Waals surface area contributed by atoms with Crippen LogP contribution in [-0.2, 0) is 4.79 Å². The Morgan fingerprint density at radius 3 is 2.92 bits per heavy atom. The van der Waals surface area contributed by atoms with Crippen LogP contribution in [-0.4, -0.2) is 23.4 Å². The fraction of sp³-hybridized carbons (Fsp3) is 0.500. The number of carboxylic acid groups (broad SMARTS) is 1. The van der Waals surface area contributed by atoms with E-state index in [0.717, 1.165) is 12.1 Å². The fourth-order valence-electron chi connectivity index (χ4n) is 2.03. The van der Waals surface area contributed by atoms with Crippen LogP contribution in [0.4, 0.5) is 13.2 Å². The molecule has 132 valence electrons. The maximum absolute atomic E-state index is 13.7. The fourth-order valence-corrected chi connectivity index (χ4v) is 2.03. The summed E-state index contributed by atoms with van der Waals surface area (Å²) in [7, 11) is 0. The molecule has 24 heavy (non-hydrogen) atoms. The lowest BCUT2D eigenvalue weighted by Crippen LogP contribution is -2.40. The van der Waals surface area contributed by atoms with Gasteiger partial charge in [0.2, 0.25) is 6.10 Å². The van der Waals surface area contributed by atoms with Crippen molar-refractivity contribution in [2.45, 2.75) is 57.4 Å². The molecule has 3 nitrogen and oxygen atoms in total. The second-order valence-corrected chi connectivity index (χ2v) is 4.54. The van der Waals surface area contributed by atoms with Gasteiger partial charge < -0.3 is 9.84 Å². The van der Waals surface area contributed by atoms with Crippen molar-refractivity contribution in [2.75, 3.05) is 0 Å². The van der Waals surface area contributed by atoms with E-state index >= 15 is 0 Å². The number of rotatable bonds is 6. The van der Waals surface area contributed by atoms with E-state index < -0.39 is 85.8 Å². The van der Waals surface area contributed by atoms with E-state index in [-0.39, 0.29) is 0 Å². The van der Waals surface area contributed by atoms with Crippen LogP contribution >= 0.6 is 0 Å². The Balaban J connectivity index is 2.98. The minimum absolute atomic E-state index is 0.430. The zero-order valence-corrected chi connectivity index (χ0v) is 11.8. The summed E-state index contributed by atoms with van der Waals surface area (Å²) in [4.78, 5) is 11.4. The van der Waals surface area contributed by atoms with E-state index in [1.165, 1.54) is 0 Å². The molecule has 0 saturated carbocycles. The molecule has 1 aliphatic rings. The third-order valence-corrected chi connectivity index (χ3v) is 3.00. The van der Waals surface area contributed by atoms with Crippen molar-refractivity contribution >= 4 is 12.0 Å². The number of hydrogen-bond donors (Lipinski definition) is 1. The maximum Gasteiger partial charge on any atom is 0.430 e. The normalized spacial score (nSPS) is 32.4. The Labute approximate surface area is 160 Å². The first-order chi connectivity index (χ1) is 17.0. The molecule has 1 aromatic carbocycles. The van der Waals surface area contributed by atoms with Gasteiger partial charge in [0, 0.05) is 26.1 Å². The summed E-state index contributed by atoms with van der Waals surface area (Å²) in [6, 6.07) is 2.39. The predicted molar refractivity (Wildman–Crippen MR) is 85.1 cm³/mol. The van der Waals surface area contributed by atoms with Crippen molar-refractivity contribution in [2.24, 2.45) is 0 Å². The first kappa shape index (κ1) is 6.73. The Hall–Kier alpha value is -1.98. The number of ether oxygens (including phenoxy) is 1. The lowest BCUT2D eigenvalue weighted by Gasteiger charge is -2.29. The highest BCUT2D eigenvalue weighted by Crippen LogP contribution is 2.42. The van der Waals surface area contributed by atoms with Gasteiger partial charge in [-0.3, -0.25) is 0 Å². The molecule has 1 N–H and O–H groups in total. The highest BCUT2D eigenvalue weighted by Gasteiger charge is 2.48. The van der Waals surface area contributed by atoms with Crippen LogP contribution < -0.4 is 4.74 Å². The molecule has 0 aliphatic carbocycles. The van der Waals surface area contributed by atoms with E-state index in [9.17, 15) is 23.1 Å². The molecule has 1 aliphatic heterocycles. The van der Waals surface area contributed by atoms with Gasteiger partial charge in [0.25, 0.3) is 0 Å². The van der Waals surface area contributed by atoms with Crippen LogP contribution in [0.5, 0.6) is 5.75 Å². The molecule has 1 heterocycles. The molecular formula is C18H21F3O3. The monoisotopic (exact) mass is 357 g/mol. The lowest BCUT2D eigenvalue weighted by atomic mass is 9.90. The number of carbonyl (C=O) groups is 1. The summed E-state index contributed by atoms with van der Waals surface area (Å²) < 4.78 is 164. The minimum Gasteiger partial charge on any atom is -0.478 e. The van der Waals surface area contributed by atoms with Gasteiger partial charge in [-0.25, -0.2) is 4.79 Å². The lowest BCUT2D eigenvalue weighted by molar-refractivity contribution is -0.187. The van der Waals surface area contributed by atoms with E-state index in [1.54, 1.807) is 0 Å². The van der Waals surface area contributed by atoms with Crippen LogP contribution in [0.15, 0.2) is 23.8 Å². The van der Waals surface area contributed by atoms with E-state index in [4.69, 9.17) is 25.3 Å². The number of alkyl halides is 3. The second kappa shape index (κ2) is 7.28. The number of fused-ring (bicyclic) bond motifs is 1. The molecule has 0 fully saturated rings. The average Bonchev–Trinajstić information content (AvgIpc) is 2.74. The van der Waals surface area contributed by atoms with Crippen molar-refractivity contribution in [3.8, 4) is 5.75 Å². The quantitative estimate of drug-likeness (QED) is 0.765. The third kappa shape index (κ3) is 3.91. The number of para-hydroxylation sites is 1. The second-order valence-electron chi connectivity index (χ2n) is 4.54. The molecule has 2 atom stereocenters. The summed E-state index contributed by atoms with van der Waals surface area (Å²) in [6.07, 6.45) is -25.6. The highest BCUT2D eigenvalue weighted by molar-refractivity contribution is 5.95. The molecule has 6 heteroatoms. The zero-order valence-electron chi connectivity index (χ0n) is 26.8. The Kier molecular flexibility index (Phi) is 2.04. The van der Waals surface area contributed by atoms with Crippen LogP contribution in [0.1, 0.15) is 76.8 Å². The van der Waals surface area contributed by atoms with Gasteiger partial charge in [0.15, 0.2) is 0 Å². The molecule has 0 saturated heterocycles. The van der Waals surface area contributed by atoms with Gasteiger partial charge in [0.1, 0.15) is 5.75 Å². The topological polar surface area (TPSA) is 46.5 Å². The standard InChI is InChI=1S/C18H21F3O3/c1-3-4-5-7-11(2)13-9-6-8-12-10-14(17(22)23)16(18(19,20)21)24-15(12)13/h6,8-11,16H,3-5,7H2,1-2H3,(H,22,23)/i1D3,2D3,3D2,4D2,5D2,7D2,11D. The van der Waals surface area contributed by atoms with Crippen molar-refractivity contribution < 1.29 is 48.4 Å². The van der Waals surface area contributed by atoms with Crippen molar-refractivity contribution in [3.05, 3.63) is 34.9 Å². The van der Waals surface area contributed by atoms with E-state index in [1.807, 2.05) is 0 Å². The largest absolute Gasteiger partial charge is 0.478 e. The molecule has 2 unspecified atom stereocenters. The molecular weight excluding hydrogens is 321 g/mol. The SMILES string of the molecule is [2H]C([2H])([2H])C([2H])([2H])C([2H])([2H])C([2H])([2H])C([2H])([2H])C([2H])(c1cccc2c1OC(C(F)(F)F)C(C(=O)O)=C2)C([2H])([2H])[2H]. The first-order valence-corrected chi connectivity index (χ1v) is 6.33. The van der Waals surface area contributed by atoms with E-state index in [0.29, 0.717) is 12.1 Å². The van der Waals surface area contributed by atoms with Gasteiger partial charge in [-0.05, 0) is 23.9 Å². The molecule has 0 spiro atoms. The number of benzene rings is 1. The molecule has 0 amide bonds. The highest BCUT2D eigenvalue weighted by atomic mass is 19.4. The first-order valence-electron chi connectivity index (χ1n) is 13.8. The molecule has 0 radical (unpaired) electrons. The summed E-state index contributed by atoms with van der Waals surface area (Å²) in [5.74, 6) is -7.33. The Morgan fingerprint density at radius 2 is 2.29 bits per heavy atom. The van der Waals surface area contributed by atoms with Gasteiger partial charge >= 0.3 is 12.1 Å². The zero-order chi connectivity index (χ0) is 31.0. The summed E-state index contributed by atoms with van der Waals surface area (Å²) in [5, 5.41) is 9.22. The summed E-state index contributed by atoms with van der Waals surface area (Å²) >= 11 is 0. The smallest absolute Gasteiger partial charge is 0.430 e. The molecule has 2 rings (SSSR count). The number of hydrogen-bond acceptors (Lipinski definition) is 2. The van der Waals surface area contributed by atoms with Gasteiger partial charge in [0.05, 0.1) is 5.57 Å². The molecule has 0 bridgehead atoms. The number of carboxylic acids is 1. The average molecular weight is 357 g/mol. The van der Waals surface area contributed by atoms with Crippen molar-refractivity contribution in [1.29, 1.82) is 0 Å². The molecule has 0 aromatic heterocycles. The van der Waals surface area contributed by atoms with Crippen LogP contribution in [0, 0.1) is 0 Å². The van der Waals surface area contributed by atoms with Gasteiger partial charge in [-0.2, -0.15) is 13.2 Å². The predicted octanol–water partition coefficient (Wildman–Crippen LogP) is 5.16. The Bertz CT molecular complexity index is 1170. The maximum atomic E-state index is 13.7. The number of halogens is 3. The van der Waals surface area contributed by atoms with E-state index in [2.05, 4.69) is 0 Å². The minimum atomic E-state index is -5.42. The van der Waals surface area contributed by atoms with Gasteiger partial charge in [-0.15, -0.1) is 0 Å². The summed E-state index contributed by atoms with van der Waals surface area (Å²) in [6.45, 7) is -7.97. The van der Waals surface area contributed by atoms with Crippen molar-refractivity contribution in [1.82, 2.24) is 0 Å². The molecule has 1 aromatic rings. The Morgan fingerprint density at radius 1 is 1.50 bits per heavy atom. The third-order valence-electron chi connectivity index (χ3n) is 3.00. The van der Waals surface area contributed by atoms with Crippen molar-refractivity contribution in [3.63, 3.8) is 0 Å². The van der Waals surface area contributed by atoms with Crippen LogP contribution in [0.2, 0.25) is 0 Å². The van der Waals surface area contributed by atoms with Crippen LogP contribution in [0.3, 0.4) is 0 Å². The number of aliphatic carboxylic acids is 1. The summed E-state index contributed by atoms with van der Waals surface area (Å²) in [5.41, 5.74) is -3.20.